The molecule has 3 rings (SSSR count). The molecule has 2 aromatic carbocycles. The van der Waals surface area contributed by atoms with E-state index < -0.39 is 6.10 Å². The molecule has 0 spiro atoms. The number of aromatic nitrogens is 2. The van der Waals surface area contributed by atoms with E-state index in [4.69, 9.17) is 0 Å². The zero-order valence-corrected chi connectivity index (χ0v) is 15.5. The third kappa shape index (κ3) is 4.81. The van der Waals surface area contributed by atoms with Crippen LogP contribution in [-0.4, -0.2) is 32.6 Å². The molecule has 26 heavy (non-hydrogen) atoms. The molecule has 1 N–H and O–H groups in total. The summed E-state index contributed by atoms with van der Waals surface area (Å²) in [5.74, 6) is 1.02. The molecule has 136 valence electrons. The summed E-state index contributed by atoms with van der Waals surface area (Å²) in [7, 11) is 0. The maximum absolute atomic E-state index is 10.6. The van der Waals surface area contributed by atoms with Crippen molar-refractivity contribution in [3.63, 3.8) is 0 Å². The van der Waals surface area contributed by atoms with Gasteiger partial charge in [0, 0.05) is 25.5 Å². The third-order valence-corrected chi connectivity index (χ3v) is 4.70. The van der Waals surface area contributed by atoms with Gasteiger partial charge in [-0.05, 0) is 24.6 Å². The molecule has 1 unspecified atom stereocenters. The van der Waals surface area contributed by atoms with Crippen LogP contribution in [0.15, 0.2) is 67.0 Å². The molecule has 0 saturated carbocycles. The van der Waals surface area contributed by atoms with Crippen LogP contribution in [0.25, 0.3) is 0 Å². The lowest BCUT2D eigenvalue weighted by molar-refractivity contribution is 0.110. The molecule has 1 heterocycles. The van der Waals surface area contributed by atoms with E-state index in [1.165, 1.54) is 11.1 Å². The van der Waals surface area contributed by atoms with Crippen molar-refractivity contribution in [2.45, 2.75) is 33.0 Å². The molecule has 0 aliphatic carbocycles. The number of aliphatic hydroxyl groups is 1. The topological polar surface area (TPSA) is 41.3 Å². The Morgan fingerprint density at radius 2 is 1.81 bits per heavy atom. The van der Waals surface area contributed by atoms with Crippen LogP contribution in [0.3, 0.4) is 0 Å². The van der Waals surface area contributed by atoms with Crippen LogP contribution in [0.2, 0.25) is 0 Å². The second kappa shape index (κ2) is 8.79. The minimum Gasteiger partial charge on any atom is -0.387 e. The van der Waals surface area contributed by atoms with Crippen molar-refractivity contribution in [1.82, 2.24) is 14.5 Å². The smallest absolute Gasteiger partial charge is 0.123 e. The molecule has 0 bridgehead atoms. The van der Waals surface area contributed by atoms with Gasteiger partial charge in [-0.1, -0.05) is 67.1 Å². The number of nitrogens with zero attached hydrogens (tertiary/aromatic N) is 3. The lowest BCUT2D eigenvalue weighted by atomic mass is 10.1. The first-order valence-electron chi connectivity index (χ1n) is 9.16. The average Bonchev–Trinajstić information content (AvgIpc) is 3.09. The van der Waals surface area contributed by atoms with E-state index in [0.29, 0.717) is 6.54 Å². The maximum Gasteiger partial charge on any atom is 0.123 e. The van der Waals surface area contributed by atoms with Gasteiger partial charge in [0.25, 0.3) is 0 Å². The molecule has 0 aliphatic rings. The Morgan fingerprint density at radius 3 is 2.50 bits per heavy atom. The number of likely N-dealkylation sites (N-methyl/N-ethyl adjacent to an activating group) is 1. The van der Waals surface area contributed by atoms with E-state index >= 15 is 0 Å². The fourth-order valence-electron chi connectivity index (χ4n) is 3.06. The Labute approximate surface area is 155 Å². The van der Waals surface area contributed by atoms with Crippen molar-refractivity contribution in [1.29, 1.82) is 0 Å². The van der Waals surface area contributed by atoms with Gasteiger partial charge >= 0.3 is 0 Å². The van der Waals surface area contributed by atoms with Gasteiger partial charge < -0.3 is 9.67 Å². The minimum atomic E-state index is -0.493. The van der Waals surface area contributed by atoms with Gasteiger partial charge in [0.1, 0.15) is 5.82 Å². The van der Waals surface area contributed by atoms with Gasteiger partial charge in [-0.25, -0.2) is 4.98 Å². The lowest BCUT2D eigenvalue weighted by Crippen LogP contribution is -2.29. The largest absolute Gasteiger partial charge is 0.387 e. The zero-order valence-electron chi connectivity index (χ0n) is 15.5. The van der Waals surface area contributed by atoms with E-state index in [0.717, 1.165) is 31.0 Å². The van der Waals surface area contributed by atoms with E-state index in [-0.39, 0.29) is 0 Å². The van der Waals surface area contributed by atoms with Crippen LogP contribution in [0, 0.1) is 6.92 Å². The van der Waals surface area contributed by atoms with Crippen LogP contribution in [0.1, 0.15) is 35.5 Å². The molecule has 1 aromatic heterocycles. The Hall–Kier alpha value is -2.43. The van der Waals surface area contributed by atoms with Gasteiger partial charge in [-0.15, -0.1) is 0 Å². The highest BCUT2D eigenvalue weighted by Crippen LogP contribution is 2.16. The molecule has 3 aromatic rings. The third-order valence-electron chi connectivity index (χ3n) is 4.70. The summed E-state index contributed by atoms with van der Waals surface area (Å²) < 4.78 is 2.18. The summed E-state index contributed by atoms with van der Waals surface area (Å²) in [5.41, 5.74) is 3.42. The van der Waals surface area contributed by atoms with Crippen molar-refractivity contribution in [2.24, 2.45) is 0 Å². The summed E-state index contributed by atoms with van der Waals surface area (Å²) in [5, 5.41) is 10.6. The first-order valence-corrected chi connectivity index (χ1v) is 9.16. The van der Waals surface area contributed by atoms with Crippen LogP contribution >= 0.6 is 0 Å². The van der Waals surface area contributed by atoms with Gasteiger partial charge in [0.2, 0.25) is 0 Å². The molecule has 0 radical (unpaired) electrons. The van der Waals surface area contributed by atoms with E-state index in [1.54, 1.807) is 0 Å². The maximum atomic E-state index is 10.6. The Balaban J connectivity index is 1.65. The highest BCUT2D eigenvalue weighted by molar-refractivity contribution is 5.23. The number of hydrogen-bond donors (Lipinski definition) is 1. The average molecular weight is 349 g/mol. The molecule has 4 heteroatoms. The number of imidazole rings is 1. The van der Waals surface area contributed by atoms with Gasteiger partial charge in [0.15, 0.2) is 0 Å². The normalized spacial score (nSPS) is 12.5. The molecule has 0 amide bonds. The van der Waals surface area contributed by atoms with Crippen molar-refractivity contribution in [3.05, 3.63) is 89.5 Å². The molecular formula is C22H27N3O. The molecule has 1 atom stereocenters. The zero-order chi connectivity index (χ0) is 18.4. The first-order chi connectivity index (χ1) is 12.7. The fraction of sp³-hybridized carbons (Fsp3) is 0.318. The summed E-state index contributed by atoms with van der Waals surface area (Å²) in [6.07, 6.45) is 3.38. The Kier molecular flexibility index (Phi) is 6.21. The molecule has 0 aliphatic heterocycles. The number of rotatable bonds is 8. The van der Waals surface area contributed by atoms with E-state index in [2.05, 4.69) is 52.6 Å². The van der Waals surface area contributed by atoms with Crippen molar-refractivity contribution >= 4 is 0 Å². The van der Waals surface area contributed by atoms with Crippen LogP contribution in [0.4, 0.5) is 0 Å². The quantitative estimate of drug-likeness (QED) is 0.673. The van der Waals surface area contributed by atoms with Gasteiger partial charge in [-0.2, -0.15) is 0 Å². The molecule has 0 fully saturated rings. The lowest BCUT2D eigenvalue weighted by Gasteiger charge is -2.24. The Morgan fingerprint density at radius 1 is 1.08 bits per heavy atom. The van der Waals surface area contributed by atoms with Crippen molar-refractivity contribution in [2.75, 3.05) is 13.1 Å². The number of hydrogen-bond acceptors (Lipinski definition) is 3. The second-order valence-corrected chi connectivity index (χ2v) is 6.71. The predicted molar refractivity (Wildman–Crippen MR) is 105 cm³/mol. The first kappa shape index (κ1) is 18.4. The summed E-state index contributed by atoms with van der Waals surface area (Å²) >= 11 is 0. The van der Waals surface area contributed by atoms with Gasteiger partial charge in [-0.3, -0.25) is 4.90 Å². The van der Waals surface area contributed by atoms with Crippen molar-refractivity contribution < 1.29 is 5.11 Å². The molecule has 4 nitrogen and oxygen atoms in total. The fourth-order valence-corrected chi connectivity index (χ4v) is 3.06. The van der Waals surface area contributed by atoms with E-state index in [9.17, 15) is 5.11 Å². The summed E-state index contributed by atoms with van der Waals surface area (Å²) in [6.45, 7) is 7.17. The SMILES string of the molecule is CCN(Cc1nccn1Cc1ccccc1)CC(O)c1ccc(C)cc1. The highest BCUT2D eigenvalue weighted by atomic mass is 16.3. The monoisotopic (exact) mass is 349 g/mol. The van der Waals surface area contributed by atoms with E-state index in [1.807, 2.05) is 42.7 Å². The van der Waals surface area contributed by atoms with Crippen LogP contribution in [-0.2, 0) is 13.1 Å². The minimum absolute atomic E-state index is 0.493. The summed E-state index contributed by atoms with van der Waals surface area (Å²) in [6, 6.07) is 18.5. The number of benzene rings is 2. The molecular weight excluding hydrogens is 322 g/mol. The van der Waals surface area contributed by atoms with Gasteiger partial charge in [0.05, 0.1) is 12.6 Å². The number of aliphatic hydroxyl groups excluding tert-OH is 1. The summed E-state index contributed by atoms with van der Waals surface area (Å²) in [4.78, 5) is 6.76. The highest BCUT2D eigenvalue weighted by Gasteiger charge is 2.15. The second-order valence-electron chi connectivity index (χ2n) is 6.71. The van der Waals surface area contributed by atoms with Crippen LogP contribution in [0.5, 0.6) is 0 Å². The van der Waals surface area contributed by atoms with Crippen molar-refractivity contribution in [3.8, 4) is 0 Å². The van der Waals surface area contributed by atoms with Crippen LogP contribution < -0.4 is 0 Å². The standard InChI is InChI=1S/C22H27N3O/c1-3-24(16-21(26)20-11-9-18(2)10-12-20)17-22-23-13-14-25(22)15-19-7-5-4-6-8-19/h4-14,21,26H,3,15-17H2,1-2H3. The number of aryl methyl sites for hydroxylation is 1. The predicted octanol–water partition coefficient (Wildman–Crippen LogP) is 3.80. The molecule has 0 saturated heterocycles. The Bertz CT molecular complexity index is 796.